The van der Waals surface area contributed by atoms with Gasteiger partial charge in [-0.1, -0.05) is 28.1 Å². The molecule has 2 fully saturated rings. The van der Waals surface area contributed by atoms with E-state index >= 15 is 0 Å². The molecule has 18 heavy (non-hydrogen) atoms. The monoisotopic (exact) mass is 308 g/mol. The Morgan fingerprint density at radius 2 is 1.94 bits per heavy atom. The SMILES string of the molecule is Brc1ccc(CN(CC2CCCN2)C2CC2)cc1. The molecule has 1 saturated heterocycles. The molecule has 0 bridgehead atoms. The molecule has 1 aromatic rings. The molecule has 2 aliphatic rings. The molecular formula is C15H21BrN2. The van der Waals surface area contributed by atoms with Crippen LogP contribution in [0.3, 0.4) is 0 Å². The van der Waals surface area contributed by atoms with Crippen LogP contribution < -0.4 is 5.32 Å². The van der Waals surface area contributed by atoms with Crippen molar-refractivity contribution in [1.82, 2.24) is 10.2 Å². The maximum absolute atomic E-state index is 3.62. The zero-order valence-electron chi connectivity index (χ0n) is 10.7. The fraction of sp³-hybridized carbons (Fsp3) is 0.600. The average Bonchev–Trinajstić information content (AvgIpc) is 3.10. The van der Waals surface area contributed by atoms with E-state index in [1.165, 1.54) is 48.8 Å². The molecule has 98 valence electrons. The summed E-state index contributed by atoms with van der Waals surface area (Å²) < 4.78 is 1.17. The molecule has 1 heterocycles. The average molecular weight is 309 g/mol. The van der Waals surface area contributed by atoms with Crippen molar-refractivity contribution >= 4 is 15.9 Å². The van der Waals surface area contributed by atoms with Gasteiger partial charge in [0.05, 0.1) is 0 Å². The van der Waals surface area contributed by atoms with Crippen LogP contribution >= 0.6 is 15.9 Å². The fourth-order valence-corrected chi connectivity index (χ4v) is 3.07. The molecule has 0 radical (unpaired) electrons. The second-order valence-corrected chi connectivity index (χ2v) is 6.50. The summed E-state index contributed by atoms with van der Waals surface area (Å²) >= 11 is 3.50. The van der Waals surface area contributed by atoms with Crippen LogP contribution in [0.25, 0.3) is 0 Å². The third kappa shape index (κ3) is 3.34. The van der Waals surface area contributed by atoms with Gasteiger partial charge in [-0.25, -0.2) is 0 Å². The van der Waals surface area contributed by atoms with Crippen LogP contribution in [0.5, 0.6) is 0 Å². The number of nitrogens with zero attached hydrogens (tertiary/aromatic N) is 1. The van der Waals surface area contributed by atoms with Gasteiger partial charge in [0.15, 0.2) is 0 Å². The first-order valence-electron chi connectivity index (χ1n) is 7.03. The van der Waals surface area contributed by atoms with Crippen molar-refractivity contribution in [1.29, 1.82) is 0 Å². The predicted molar refractivity (Wildman–Crippen MR) is 78.6 cm³/mol. The van der Waals surface area contributed by atoms with Gasteiger partial charge in [0, 0.05) is 29.6 Å². The zero-order chi connectivity index (χ0) is 12.4. The normalized spacial score (nSPS) is 23.8. The van der Waals surface area contributed by atoms with Crippen LogP contribution in [0.2, 0.25) is 0 Å². The first-order chi connectivity index (χ1) is 8.81. The van der Waals surface area contributed by atoms with Crippen molar-refractivity contribution in [3.63, 3.8) is 0 Å². The minimum Gasteiger partial charge on any atom is -0.313 e. The minimum absolute atomic E-state index is 0.723. The molecule has 3 rings (SSSR count). The number of hydrogen-bond donors (Lipinski definition) is 1. The standard InChI is InChI=1S/C15H21BrN2/c16-13-5-3-12(4-6-13)10-18(15-7-8-15)11-14-2-1-9-17-14/h3-6,14-15,17H,1-2,7-11H2. The topological polar surface area (TPSA) is 15.3 Å². The Bertz CT molecular complexity index is 380. The van der Waals surface area contributed by atoms with Gasteiger partial charge in [0.25, 0.3) is 0 Å². The van der Waals surface area contributed by atoms with Gasteiger partial charge in [0.1, 0.15) is 0 Å². The minimum atomic E-state index is 0.723. The number of rotatable bonds is 5. The molecule has 1 aliphatic heterocycles. The maximum Gasteiger partial charge on any atom is 0.0237 e. The van der Waals surface area contributed by atoms with E-state index in [1.54, 1.807) is 0 Å². The Morgan fingerprint density at radius 3 is 2.56 bits per heavy atom. The Hall–Kier alpha value is -0.380. The summed E-state index contributed by atoms with van der Waals surface area (Å²) in [5.41, 5.74) is 1.43. The quantitative estimate of drug-likeness (QED) is 0.899. The van der Waals surface area contributed by atoms with Crippen molar-refractivity contribution in [3.8, 4) is 0 Å². The summed E-state index contributed by atoms with van der Waals surface area (Å²) in [4.78, 5) is 2.67. The molecule has 0 aromatic heterocycles. The largest absolute Gasteiger partial charge is 0.313 e. The highest BCUT2D eigenvalue weighted by Gasteiger charge is 2.31. The fourth-order valence-electron chi connectivity index (χ4n) is 2.80. The van der Waals surface area contributed by atoms with Crippen molar-refractivity contribution in [2.45, 2.75) is 44.3 Å². The van der Waals surface area contributed by atoms with Crippen molar-refractivity contribution in [2.24, 2.45) is 0 Å². The summed E-state index contributed by atoms with van der Waals surface area (Å²) in [6, 6.07) is 10.3. The van der Waals surface area contributed by atoms with Gasteiger partial charge >= 0.3 is 0 Å². The van der Waals surface area contributed by atoms with E-state index in [2.05, 4.69) is 50.4 Å². The van der Waals surface area contributed by atoms with Gasteiger partial charge in [0.2, 0.25) is 0 Å². The van der Waals surface area contributed by atoms with E-state index in [9.17, 15) is 0 Å². The van der Waals surface area contributed by atoms with Gasteiger partial charge in [-0.3, -0.25) is 4.90 Å². The first-order valence-corrected chi connectivity index (χ1v) is 7.82. The van der Waals surface area contributed by atoms with Crippen LogP contribution in [0.4, 0.5) is 0 Å². The number of benzene rings is 1. The molecule has 1 N–H and O–H groups in total. The highest BCUT2D eigenvalue weighted by molar-refractivity contribution is 9.10. The van der Waals surface area contributed by atoms with E-state index in [0.717, 1.165) is 18.6 Å². The molecule has 1 aliphatic carbocycles. The van der Waals surface area contributed by atoms with Crippen molar-refractivity contribution in [3.05, 3.63) is 34.3 Å². The Kier molecular flexibility index (Phi) is 4.02. The zero-order valence-corrected chi connectivity index (χ0v) is 12.3. The molecule has 1 atom stereocenters. The molecule has 0 amide bonds. The van der Waals surface area contributed by atoms with E-state index in [1.807, 2.05) is 0 Å². The van der Waals surface area contributed by atoms with Crippen LogP contribution in [0, 0.1) is 0 Å². The first kappa shape index (κ1) is 12.6. The Labute approximate surface area is 118 Å². The van der Waals surface area contributed by atoms with E-state index < -0.39 is 0 Å². The lowest BCUT2D eigenvalue weighted by Crippen LogP contribution is -2.38. The molecular weight excluding hydrogens is 288 g/mol. The lowest BCUT2D eigenvalue weighted by Gasteiger charge is -2.25. The summed E-state index contributed by atoms with van der Waals surface area (Å²) in [6.07, 6.45) is 5.48. The predicted octanol–water partition coefficient (Wildman–Crippen LogP) is 3.17. The van der Waals surface area contributed by atoms with Gasteiger partial charge in [-0.2, -0.15) is 0 Å². The second kappa shape index (κ2) is 5.72. The van der Waals surface area contributed by atoms with Crippen LogP contribution in [-0.2, 0) is 6.54 Å². The van der Waals surface area contributed by atoms with Crippen molar-refractivity contribution < 1.29 is 0 Å². The molecule has 3 heteroatoms. The number of nitrogens with one attached hydrogen (secondary N) is 1. The molecule has 0 spiro atoms. The van der Waals surface area contributed by atoms with Crippen LogP contribution in [-0.4, -0.2) is 30.1 Å². The summed E-state index contributed by atoms with van der Waals surface area (Å²) in [6.45, 7) is 3.54. The highest BCUT2D eigenvalue weighted by Crippen LogP contribution is 2.29. The third-order valence-electron chi connectivity index (χ3n) is 3.98. The number of halogens is 1. The van der Waals surface area contributed by atoms with Crippen molar-refractivity contribution in [2.75, 3.05) is 13.1 Å². The third-order valence-corrected chi connectivity index (χ3v) is 4.51. The molecule has 1 unspecified atom stereocenters. The van der Waals surface area contributed by atoms with Gasteiger partial charge in [-0.15, -0.1) is 0 Å². The molecule has 1 saturated carbocycles. The smallest absolute Gasteiger partial charge is 0.0237 e. The Balaban J connectivity index is 1.60. The maximum atomic E-state index is 3.62. The molecule has 2 nitrogen and oxygen atoms in total. The molecule has 1 aromatic carbocycles. The van der Waals surface area contributed by atoms with E-state index in [0.29, 0.717) is 0 Å². The van der Waals surface area contributed by atoms with E-state index in [-0.39, 0.29) is 0 Å². The summed E-state index contributed by atoms with van der Waals surface area (Å²) in [5, 5.41) is 3.62. The lowest BCUT2D eigenvalue weighted by molar-refractivity contribution is 0.231. The van der Waals surface area contributed by atoms with Crippen LogP contribution in [0.1, 0.15) is 31.2 Å². The van der Waals surface area contributed by atoms with E-state index in [4.69, 9.17) is 0 Å². The number of hydrogen-bond acceptors (Lipinski definition) is 2. The second-order valence-electron chi connectivity index (χ2n) is 5.58. The summed E-state index contributed by atoms with van der Waals surface area (Å²) in [5.74, 6) is 0. The lowest BCUT2D eigenvalue weighted by atomic mass is 10.1. The summed E-state index contributed by atoms with van der Waals surface area (Å²) in [7, 11) is 0. The van der Waals surface area contributed by atoms with Crippen LogP contribution in [0.15, 0.2) is 28.7 Å². The highest BCUT2D eigenvalue weighted by atomic mass is 79.9. The van der Waals surface area contributed by atoms with Gasteiger partial charge in [-0.05, 0) is 49.9 Å². The Morgan fingerprint density at radius 1 is 1.17 bits per heavy atom. The van der Waals surface area contributed by atoms with Gasteiger partial charge < -0.3 is 5.32 Å².